The molecule has 0 bridgehead atoms. The van der Waals surface area contributed by atoms with Crippen LogP contribution in [0.15, 0.2) is 52.4 Å². The van der Waals surface area contributed by atoms with E-state index in [4.69, 9.17) is 11.6 Å². The smallest absolute Gasteiger partial charge is 0.229 e. The van der Waals surface area contributed by atoms with Gasteiger partial charge in [-0.1, -0.05) is 37.6 Å². The van der Waals surface area contributed by atoms with E-state index in [0.717, 1.165) is 29.8 Å². The van der Waals surface area contributed by atoms with Crippen molar-refractivity contribution in [2.45, 2.75) is 39.7 Å². The van der Waals surface area contributed by atoms with Gasteiger partial charge in [-0.3, -0.25) is 15.1 Å². The number of guanidine groups is 1. The van der Waals surface area contributed by atoms with Gasteiger partial charge in [-0.05, 0) is 61.2 Å². The summed E-state index contributed by atoms with van der Waals surface area (Å²) in [5.41, 5.74) is 3.86. The minimum Gasteiger partial charge on any atom is -0.326 e. The van der Waals surface area contributed by atoms with Crippen molar-refractivity contribution < 1.29 is 4.79 Å². The Morgan fingerprint density at radius 2 is 2.14 bits per heavy atom. The first-order valence-corrected chi connectivity index (χ1v) is 9.90. The van der Waals surface area contributed by atoms with Crippen molar-refractivity contribution in [2.24, 2.45) is 15.9 Å². The summed E-state index contributed by atoms with van der Waals surface area (Å²) in [5, 5.41) is 6.69. The lowest BCUT2D eigenvalue weighted by Gasteiger charge is -2.17. The molecule has 3 rings (SSSR count). The van der Waals surface area contributed by atoms with E-state index < -0.39 is 0 Å². The molecule has 0 spiro atoms. The Hall–Kier alpha value is -2.66. The molecule has 1 aliphatic rings. The summed E-state index contributed by atoms with van der Waals surface area (Å²) in [7, 11) is 0. The molecule has 2 unspecified atom stereocenters. The maximum Gasteiger partial charge on any atom is 0.229 e. The second kappa shape index (κ2) is 9.02. The van der Waals surface area contributed by atoms with E-state index in [1.54, 1.807) is 12.1 Å². The van der Waals surface area contributed by atoms with Crippen molar-refractivity contribution in [3.8, 4) is 0 Å². The van der Waals surface area contributed by atoms with Gasteiger partial charge in [-0.15, -0.1) is 0 Å². The topological polar surface area (TPSA) is 65.8 Å². The number of carbonyl (C=O) groups is 1. The van der Waals surface area contributed by atoms with E-state index in [2.05, 4.69) is 27.5 Å². The molecule has 0 radical (unpaired) electrons. The zero-order valence-electron chi connectivity index (χ0n) is 16.4. The molecule has 0 aliphatic carbocycles. The highest BCUT2D eigenvalue weighted by Crippen LogP contribution is 2.23. The fourth-order valence-corrected chi connectivity index (χ4v) is 3.08. The molecule has 2 aromatic carbocycles. The molecule has 6 heteroatoms. The van der Waals surface area contributed by atoms with E-state index in [9.17, 15) is 4.79 Å². The zero-order chi connectivity index (χ0) is 20.1. The van der Waals surface area contributed by atoms with Gasteiger partial charge in [0.15, 0.2) is 0 Å². The summed E-state index contributed by atoms with van der Waals surface area (Å²) in [6.07, 6.45) is 3.55. The van der Waals surface area contributed by atoms with Crippen LogP contribution in [0.1, 0.15) is 38.3 Å². The Balaban J connectivity index is 1.90. The molecule has 5 nitrogen and oxygen atoms in total. The molecule has 0 saturated heterocycles. The van der Waals surface area contributed by atoms with Crippen LogP contribution >= 0.6 is 11.6 Å². The molecular weight excluding hydrogens is 372 g/mol. The van der Waals surface area contributed by atoms with Crippen molar-refractivity contribution >= 4 is 41.1 Å². The van der Waals surface area contributed by atoms with Gasteiger partial charge in [0, 0.05) is 22.8 Å². The van der Waals surface area contributed by atoms with E-state index in [1.165, 1.54) is 5.56 Å². The van der Waals surface area contributed by atoms with Crippen LogP contribution in [0.3, 0.4) is 0 Å². The molecule has 2 N–H and O–H groups in total. The van der Waals surface area contributed by atoms with Crippen molar-refractivity contribution in [1.29, 1.82) is 0 Å². The third-order valence-corrected chi connectivity index (χ3v) is 4.97. The number of aliphatic imine (C=N–C) groups is 2. The number of halogens is 1. The third-order valence-electron chi connectivity index (χ3n) is 4.74. The number of nitrogens with zero attached hydrogens (tertiary/aromatic N) is 2. The number of nitrogens with one attached hydrogen (secondary N) is 2. The average Bonchev–Trinajstić information content (AvgIpc) is 2.67. The van der Waals surface area contributed by atoms with Gasteiger partial charge in [0.05, 0.1) is 11.7 Å². The van der Waals surface area contributed by atoms with Crippen LogP contribution in [-0.2, 0) is 11.2 Å². The van der Waals surface area contributed by atoms with E-state index in [-0.39, 0.29) is 17.9 Å². The van der Waals surface area contributed by atoms with Gasteiger partial charge >= 0.3 is 0 Å². The molecule has 2 atom stereocenters. The Morgan fingerprint density at radius 1 is 1.32 bits per heavy atom. The number of benzene rings is 2. The largest absolute Gasteiger partial charge is 0.326 e. The van der Waals surface area contributed by atoms with Gasteiger partial charge in [-0.2, -0.15) is 0 Å². The molecule has 1 aliphatic heterocycles. The van der Waals surface area contributed by atoms with E-state index >= 15 is 0 Å². The lowest BCUT2D eigenvalue weighted by molar-refractivity contribution is -0.123. The van der Waals surface area contributed by atoms with Crippen molar-refractivity contribution in [2.75, 3.05) is 5.32 Å². The first-order valence-electron chi connectivity index (χ1n) is 9.53. The molecule has 1 heterocycles. The lowest BCUT2D eigenvalue weighted by atomic mass is 9.98. The maximum absolute atomic E-state index is 12.4. The molecule has 146 valence electrons. The third kappa shape index (κ3) is 5.20. The van der Waals surface area contributed by atoms with E-state index in [1.807, 2.05) is 50.4 Å². The van der Waals surface area contributed by atoms with Gasteiger partial charge in [0.1, 0.15) is 0 Å². The van der Waals surface area contributed by atoms with Gasteiger partial charge in [-0.25, -0.2) is 4.99 Å². The number of rotatable bonds is 4. The number of hydrogen-bond donors (Lipinski definition) is 2. The molecule has 0 saturated carbocycles. The second-order valence-electron chi connectivity index (χ2n) is 7.11. The first-order chi connectivity index (χ1) is 13.4. The van der Waals surface area contributed by atoms with E-state index in [0.29, 0.717) is 11.0 Å². The Morgan fingerprint density at radius 3 is 2.89 bits per heavy atom. The number of hydrogen-bond acceptors (Lipinski definition) is 3. The van der Waals surface area contributed by atoms with Crippen LogP contribution in [0, 0.1) is 5.92 Å². The molecule has 0 fully saturated rings. The van der Waals surface area contributed by atoms with Crippen molar-refractivity contribution in [3.05, 3.63) is 58.6 Å². The predicted molar refractivity (Wildman–Crippen MR) is 117 cm³/mol. The van der Waals surface area contributed by atoms with Crippen LogP contribution in [-0.4, -0.2) is 24.1 Å². The average molecular weight is 397 g/mol. The highest BCUT2D eigenvalue weighted by atomic mass is 35.5. The summed E-state index contributed by atoms with van der Waals surface area (Å²) < 4.78 is 0. The summed E-state index contributed by atoms with van der Waals surface area (Å²) in [4.78, 5) is 21.5. The fraction of sp³-hybridized carbons (Fsp3) is 0.318. The second-order valence-corrected chi connectivity index (χ2v) is 7.55. The number of fused-ring (bicyclic) bond motifs is 1. The summed E-state index contributed by atoms with van der Waals surface area (Å²) >= 11 is 6.08. The Labute approximate surface area is 170 Å². The fourth-order valence-electron chi connectivity index (χ4n) is 2.89. The van der Waals surface area contributed by atoms with Gasteiger partial charge < -0.3 is 5.32 Å². The van der Waals surface area contributed by atoms with Crippen LogP contribution in [0.5, 0.6) is 0 Å². The molecule has 28 heavy (non-hydrogen) atoms. The summed E-state index contributed by atoms with van der Waals surface area (Å²) in [6, 6.07) is 13.6. The minimum atomic E-state index is -0.105. The molecule has 1 amide bonds. The Kier molecular flexibility index (Phi) is 6.47. The molecule has 0 aromatic heterocycles. The van der Waals surface area contributed by atoms with Crippen molar-refractivity contribution in [3.63, 3.8) is 0 Å². The SMILES string of the molecule is CCC(C)C(=O)NC(=Nc1ccc2c(c1)CC(C)N=C2)Nc1cccc(Cl)c1. The number of carbonyl (C=O) groups excluding carboxylic acids is 1. The normalized spacial score (nSPS) is 17.0. The Bertz CT molecular complexity index is 923. The molecule has 2 aromatic rings. The number of anilines is 1. The van der Waals surface area contributed by atoms with Gasteiger partial charge in [0.25, 0.3) is 0 Å². The van der Waals surface area contributed by atoms with Crippen LogP contribution in [0.25, 0.3) is 0 Å². The highest BCUT2D eigenvalue weighted by molar-refractivity contribution is 6.30. The lowest BCUT2D eigenvalue weighted by Crippen LogP contribution is -2.38. The summed E-state index contributed by atoms with van der Waals surface area (Å²) in [5.74, 6) is 0.200. The number of amides is 1. The first kappa shape index (κ1) is 20.1. The monoisotopic (exact) mass is 396 g/mol. The highest BCUT2D eigenvalue weighted by Gasteiger charge is 2.15. The van der Waals surface area contributed by atoms with Crippen molar-refractivity contribution in [1.82, 2.24) is 5.32 Å². The predicted octanol–water partition coefficient (Wildman–Crippen LogP) is 4.97. The zero-order valence-corrected chi connectivity index (χ0v) is 17.1. The quantitative estimate of drug-likeness (QED) is 0.566. The minimum absolute atomic E-state index is 0.0745. The molecular formula is C22H25ClN4O. The summed E-state index contributed by atoms with van der Waals surface area (Å²) in [6.45, 7) is 5.97. The van der Waals surface area contributed by atoms with Crippen LogP contribution < -0.4 is 10.6 Å². The maximum atomic E-state index is 12.4. The van der Waals surface area contributed by atoms with Crippen LogP contribution in [0.2, 0.25) is 5.02 Å². The standard InChI is InChI=1S/C22H25ClN4O/c1-4-14(2)21(28)27-22(25-19-7-5-6-18(23)12-19)26-20-9-8-16-13-24-15(3)10-17(16)11-20/h5-9,11-15H,4,10H2,1-3H3,(H2,25,26,27,28). The van der Waals surface area contributed by atoms with Crippen LogP contribution in [0.4, 0.5) is 11.4 Å². The van der Waals surface area contributed by atoms with Gasteiger partial charge in [0.2, 0.25) is 11.9 Å².